The molecule has 2 heterocycles. The minimum Gasteiger partial charge on any atom is -0.489 e. The third-order valence-electron chi connectivity index (χ3n) is 7.77. The van der Waals surface area contributed by atoms with Gasteiger partial charge in [0.25, 0.3) is 0 Å². The lowest BCUT2D eigenvalue weighted by molar-refractivity contribution is 0.151. The monoisotopic (exact) mass is 520 g/mol. The van der Waals surface area contributed by atoms with Crippen LogP contribution in [0.25, 0.3) is 11.3 Å². The van der Waals surface area contributed by atoms with Crippen molar-refractivity contribution in [1.29, 1.82) is 5.26 Å². The molecular formula is C33H36N4O2. The van der Waals surface area contributed by atoms with Gasteiger partial charge in [0, 0.05) is 37.8 Å². The third kappa shape index (κ3) is 6.75. The molecular weight excluding hydrogens is 484 g/mol. The number of likely N-dealkylation sites (tertiary alicyclic amines) is 1. The van der Waals surface area contributed by atoms with Crippen molar-refractivity contribution < 1.29 is 9.26 Å². The highest BCUT2D eigenvalue weighted by Gasteiger charge is 2.36. The van der Waals surface area contributed by atoms with Gasteiger partial charge in [-0.3, -0.25) is 4.90 Å². The van der Waals surface area contributed by atoms with Crippen LogP contribution in [0.15, 0.2) is 95.5 Å². The second-order valence-corrected chi connectivity index (χ2v) is 10.2. The largest absolute Gasteiger partial charge is 0.489 e. The summed E-state index contributed by atoms with van der Waals surface area (Å²) in [5.41, 5.74) is 3.78. The van der Waals surface area contributed by atoms with Gasteiger partial charge in [-0.1, -0.05) is 72.7 Å². The molecule has 0 bridgehead atoms. The van der Waals surface area contributed by atoms with Gasteiger partial charge in [-0.15, -0.1) is 0 Å². The fraction of sp³-hybridized carbons (Fsp3) is 0.333. The molecule has 1 aliphatic heterocycles. The van der Waals surface area contributed by atoms with Crippen molar-refractivity contribution in [2.75, 3.05) is 32.7 Å². The van der Waals surface area contributed by atoms with Gasteiger partial charge in [0.05, 0.1) is 18.0 Å². The molecule has 3 aromatic carbocycles. The van der Waals surface area contributed by atoms with Crippen molar-refractivity contribution in [3.8, 4) is 23.1 Å². The van der Waals surface area contributed by atoms with E-state index < -0.39 is 0 Å². The number of nitriles is 1. The van der Waals surface area contributed by atoms with Crippen LogP contribution in [0.5, 0.6) is 5.75 Å². The quantitative estimate of drug-likeness (QED) is 0.231. The summed E-state index contributed by atoms with van der Waals surface area (Å²) in [4.78, 5) is 4.86. The van der Waals surface area contributed by atoms with Crippen LogP contribution in [0.1, 0.15) is 36.7 Å². The van der Waals surface area contributed by atoms with E-state index in [1.807, 2.05) is 66.7 Å². The highest BCUT2D eigenvalue weighted by Crippen LogP contribution is 2.34. The van der Waals surface area contributed by atoms with Gasteiger partial charge in [0.15, 0.2) is 5.76 Å². The average Bonchev–Trinajstić information content (AvgIpc) is 3.48. The first-order chi connectivity index (χ1) is 19.2. The molecule has 1 aromatic heterocycles. The number of rotatable bonds is 11. The summed E-state index contributed by atoms with van der Waals surface area (Å²) < 4.78 is 11.6. The maximum Gasteiger partial charge on any atom is 0.151 e. The number of aromatic nitrogens is 1. The van der Waals surface area contributed by atoms with Crippen LogP contribution < -0.4 is 4.74 Å². The van der Waals surface area contributed by atoms with Crippen LogP contribution in [0.4, 0.5) is 0 Å². The zero-order valence-electron chi connectivity index (χ0n) is 22.6. The maximum absolute atomic E-state index is 9.97. The normalized spacial score (nSPS) is 15.2. The first-order valence-corrected chi connectivity index (χ1v) is 13.8. The Hall–Kier alpha value is -3.92. The number of hydrogen-bond acceptors (Lipinski definition) is 6. The molecule has 6 nitrogen and oxygen atoms in total. The van der Waals surface area contributed by atoms with Crippen LogP contribution in [0.3, 0.4) is 0 Å². The first-order valence-electron chi connectivity index (χ1n) is 13.8. The summed E-state index contributed by atoms with van der Waals surface area (Å²) in [6.07, 6.45) is 1.75. The lowest BCUT2D eigenvalue weighted by Gasteiger charge is -2.38. The van der Waals surface area contributed by atoms with Crippen molar-refractivity contribution in [1.82, 2.24) is 15.0 Å². The van der Waals surface area contributed by atoms with Crippen LogP contribution >= 0.6 is 0 Å². The molecule has 1 aliphatic rings. The molecule has 0 aliphatic carbocycles. The van der Waals surface area contributed by atoms with E-state index in [9.17, 15) is 5.26 Å². The molecule has 0 radical (unpaired) electrons. The Morgan fingerprint density at radius 2 is 1.67 bits per heavy atom. The molecule has 0 unspecified atom stereocenters. The minimum atomic E-state index is -0.356. The second kappa shape index (κ2) is 12.8. The molecule has 0 saturated carbocycles. The molecule has 6 heteroatoms. The summed E-state index contributed by atoms with van der Waals surface area (Å²) in [6, 6.07) is 33.1. The van der Waals surface area contributed by atoms with Crippen molar-refractivity contribution >= 4 is 0 Å². The highest BCUT2D eigenvalue weighted by atomic mass is 16.5. The molecule has 0 amide bonds. The van der Waals surface area contributed by atoms with Crippen LogP contribution in [0, 0.1) is 11.3 Å². The van der Waals surface area contributed by atoms with Gasteiger partial charge in [0.2, 0.25) is 0 Å². The van der Waals surface area contributed by atoms with E-state index >= 15 is 0 Å². The smallest absolute Gasteiger partial charge is 0.151 e. The van der Waals surface area contributed by atoms with E-state index in [2.05, 4.69) is 52.2 Å². The SMILES string of the molecule is CCN(CCN1CCC(C#N)(c2ccccc2)CC1)Cc1cc(-c2ccc(OCc3ccccc3)cc2)no1. The number of nitrogens with zero attached hydrogens (tertiary/aromatic N) is 4. The molecule has 0 spiro atoms. The number of hydrogen-bond donors (Lipinski definition) is 0. The Bertz CT molecular complexity index is 1340. The Kier molecular flexibility index (Phi) is 8.72. The van der Waals surface area contributed by atoms with Gasteiger partial charge in [-0.2, -0.15) is 5.26 Å². The number of piperidine rings is 1. The molecule has 0 N–H and O–H groups in total. The number of likely N-dealkylation sites (N-methyl/N-ethyl adjacent to an activating group) is 1. The maximum atomic E-state index is 9.97. The fourth-order valence-corrected chi connectivity index (χ4v) is 5.22. The molecule has 39 heavy (non-hydrogen) atoms. The summed E-state index contributed by atoms with van der Waals surface area (Å²) in [5, 5.41) is 14.3. The Morgan fingerprint density at radius 3 is 2.33 bits per heavy atom. The van der Waals surface area contributed by atoms with E-state index in [0.29, 0.717) is 6.61 Å². The van der Waals surface area contributed by atoms with Crippen molar-refractivity contribution in [2.24, 2.45) is 0 Å². The van der Waals surface area contributed by atoms with Gasteiger partial charge in [0.1, 0.15) is 18.1 Å². The molecule has 5 rings (SSSR count). The van der Waals surface area contributed by atoms with Crippen molar-refractivity contribution in [3.63, 3.8) is 0 Å². The molecule has 200 valence electrons. The second-order valence-electron chi connectivity index (χ2n) is 10.2. The summed E-state index contributed by atoms with van der Waals surface area (Å²) in [6.45, 7) is 8.20. The Morgan fingerprint density at radius 1 is 0.974 bits per heavy atom. The lowest BCUT2D eigenvalue weighted by atomic mass is 9.74. The Labute approximate surface area is 231 Å². The zero-order chi connectivity index (χ0) is 26.9. The van der Waals surface area contributed by atoms with Gasteiger partial charge in [-0.05, 0) is 54.8 Å². The number of benzene rings is 3. The topological polar surface area (TPSA) is 65.5 Å². The van der Waals surface area contributed by atoms with Gasteiger partial charge >= 0.3 is 0 Å². The van der Waals surface area contributed by atoms with E-state index in [4.69, 9.17) is 9.26 Å². The summed E-state index contributed by atoms with van der Waals surface area (Å²) >= 11 is 0. The first kappa shape index (κ1) is 26.7. The minimum absolute atomic E-state index is 0.356. The standard InChI is InChI=1S/C33H36N4O2/c1-2-36(21-22-37-19-17-33(26-34,18-20-37)29-11-7-4-8-12-29)24-31-23-32(35-39-31)28-13-15-30(16-14-28)38-25-27-9-5-3-6-10-27/h3-16,23H,2,17-22,24-25H2,1H3. The highest BCUT2D eigenvalue weighted by molar-refractivity contribution is 5.59. The van der Waals surface area contributed by atoms with Gasteiger partial charge in [-0.25, -0.2) is 0 Å². The zero-order valence-corrected chi connectivity index (χ0v) is 22.6. The fourth-order valence-electron chi connectivity index (χ4n) is 5.22. The van der Waals surface area contributed by atoms with E-state index in [0.717, 1.165) is 86.0 Å². The van der Waals surface area contributed by atoms with Crippen molar-refractivity contribution in [3.05, 3.63) is 108 Å². The molecule has 0 atom stereocenters. The van der Waals surface area contributed by atoms with Crippen molar-refractivity contribution in [2.45, 2.75) is 38.3 Å². The summed E-state index contributed by atoms with van der Waals surface area (Å²) in [5.74, 6) is 1.69. The van der Waals surface area contributed by atoms with E-state index in [1.54, 1.807) is 0 Å². The van der Waals surface area contributed by atoms with E-state index in [1.165, 1.54) is 0 Å². The van der Waals surface area contributed by atoms with Crippen LogP contribution in [-0.4, -0.2) is 47.7 Å². The average molecular weight is 521 g/mol. The van der Waals surface area contributed by atoms with E-state index in [-0.39, 0.29) is 5.41 Å². The predicted molar refractivity (Wildman–Crippen MR) is 153 cm³/mol. The van der Waals surface area contributed by atoms with Gasteiger partial charge < -0.3 is 14.2 Å². The summed E-state index contributed by atoms with van der Waals surface area (Å²) in [7, 11) is 0. The lowest BCUT2D eigenvalue weighted by Crippen LogP contribution is -2.44. The Balaban J connectivity index is 1.10. The number of ether oxygens (including phenoxy) is 1. The third-order valence-corrected chi connectivity index (χ3v) is 7.77. The predicted octanol–water partition coefficient (Wildman–Crippen LogP) is 6.30. The molecule has 1 fully saturated rings. The van der Waals surface area contributed by atoms with Crippen LogP contribution in [0.2, 0.25) is 0 Å². The molecule has 1 saturated heterocycles. The molecule has 4 aromatic rings. The van der Waals surface area contributed by atoms with Crippen LogP contribution in [-0.2, 0) is 18.6 Å².